The molecule has 1 amide bonds. The van der Waals surface area contributed by atoms with Gasteiger partial charge in [-0.15, -0.1) is 0 Å². The van der Waals surface area contributed by atoms with E-state index in [0.717, 1.165) is 33.4 Å². The molecule has 0 saturated heterocycles. The maximum absolute atomic E-state index is 12.6. The summed E-state index contributed by atoms with van der Waals surface area (Å²) in [5.41, 5.74) is 6.36. The van der Waals surface area contributed by atoms with Crippen LogP contribution in [-0.2, 0) is 17.9 Å². The van der Waals surface area contributed by atoms with Gasteiger partial charge in [-0.05, 0) is 41.0 Å². The van der Waals surface area contributed by atoms with Gasteiger partial charge in [-0.3, -0.25) is 4.79 Å². The van der Waals surface area contributed by atoms with Gasteiger partial charge in [0.1, 0.15) is 6.54 Å². The summed E-state index contributed by atoms with van der Waals surface area (Å²) in [6, 6.07) is 24.4. The predicted molar refractivity (Wildman–Crippen MR) is 118 cm³/mol. The molecule has 1 aromatic heterocycles. The van der Waals surface area contributed by atoms with E-state index in [4.69, 9.17) is 0 Å². The monoisotopic (exact) mass is 384 g/mol. The van der Waals surface area contributed by atoms with Crippen molar-refractivity contribution in [2.75, 3.05) is 19.0 Å². The predicted octanol–water partition coefficient (Wildman–Crippen LogP) is 4.09. The average Bonchev–Trinajstić information content (AvgIpc) is 3.15. The van der Waals surface area contributed by atoms with Gasteiger partial charge in [0, 0.05) is 26.3 Å². The lowest BCUT2D eigenvalue weighted by Crippen LogP contribution is -2.27. The molecule has 3 aromatic carbocycles. The number of hydrogen-bond acceptors (Lipinski definition) is 3. The quantitative estimate of drug-likeness (QED) is 0.545. The lowest BCUT2D eigenvalue weighted by molar-refractivity contribution is -0.121. The molecule has 1 heterocycles. The number of carbonyl (C=O) groups excluding carboxylic acids is 1. The summed E-state index contributed by atoms with van der Waals surface area (Å²) in [7, 11) is 4.07. The molecule has 0 bridgehead atoms. The van der Waals surface area contributed by atoms with Crippen LogP contribution in [0.25, 0.3) is 22.2 Å². The Morgan fingerprint density at radius 1 is 1.00 bits per heavy atom. The molecule has 0 spiro atoms. The number of para-hydroxylation sites is 2. The van der Waals surface area contributed by atoms with Crippen LogP contribution in [0.3, 0.4) is 0 Å². The zero-order chi connectivity index (χ0) is 20.2. The molecule has 0 atom stereocenters. The molecule has 5 heteroatoms. The van der Waals surface area contributed by atoms with Gasteiger partial charge in [-0.2, -0.15) is 0 Å². The first-order valence-corrected chi connectivity index (χ1v) is 9.64. The number of nitrogens with zero attached hydrogens (tertiary/aromatic N) is 3. The molecule has 4 rings (SSSR count). The third-order valence-corrected chi connectivity index (χ3v) is 5.01. The maximum atomic E-state index is 12.6. The van der Waals surface area contributed by atoms with Crippen molar-refractivity contribution in [3.8, 4) is 11.1 Å². The second-order valence-corrected chi connectivity index (χ2v) is 7.24. The van der Waals surface area contributed by atoms with Crippen molar-refractivity contribution >= 4 is 22.6 Å². The number of rotatable bonds is 6. The summed E-state index contributed by atoms with van der Waals surface area (Å²) in [5, 5.41) is 3.05. The van der Waals surface area contributed by atoms with Crippen LogP contribution >= 0.6 is 0 Å². The number of nitrogens with one attached hydrogen (secondary N) is 1. The SMILES string of the molecule is CN(C)c1cccc(-c2ccccc2CNC(=O)Cn2cnc3ccccc32)c1. The van der Waals surface area contributed by atoms with Crippen molar-refractivity contribution in [3.63, 3.8) is 0 Å². The number of amides is 1. The fourth-order valence-electron chi connectivity index (χ4n) is 3.45. The Hall–Kier alpha value is -3.60. The Morgan fingerprint density at radius 2 is 1.79 bits per heavy atom. The van der Waals surface area contributed by atoms with E-state index in [-0.39, 0.29) is 12.5 Å². The van der Waals surface area contributed by atoms with Gasteiger partial charge in [-0.25, -0.2) is 4.98 Å². The van der Waals surface area contributed by atoms with Crippen LogP contribution in [0.2, 0.25) is 0 Å². The van der Waals surface area contributed by atoms with E-state index < -0.39 is 0 Å². The summed E-state index contributed by atoms with van der Waals surface area (Å²) in [6.07, 6.45) is 1.71. The third-order valence-electron chi connectivity index (χ3n) is 5.01. The van der Waals surface area contributed by atoms with E-state index in [1.54, 1.807) is 6.33 Å². The van der Waals surface area contributed by atoms with Gasteiger partial charge in [0.2, 0.25) is 5.91 Å². The molecule has 0 aliphatic heterocycles. The number of imidazole rings is 1. The molecule has 0 saturated carbocycles. The fourth-order valence-corrected chi connectivity index (χ4v) is 3.45. The molecule has 5 nitrogen and oxygen atoms in total. The van der Waals surface area contributed by atoms with Crippen LogP contribution in [-0.4, -0.2) is 29.6 Å². The standard InChI is InChI=1S/C24H24N4O/c1-27(2)20-10-7-9-18(14-20)21-11-4-3-8-19(21)15-25-24(29)16-28-17-26-22-12-5-6-13-23(22)28/h3-14,17H,15-16H2,1-2H3,(H,25,29). The van der Waals surface area contributed by atoms with E-state index in [9.17, 15) is 4.79 Å². The lowest BCUT2D eigenvalue weighted by atomic mass is 9.99. The summed E-state index contributed by atoms with van der Waals surface area (Å²) < 4.78 is 1.87. The maximum Gasteiger partial charge on any atom is 0.240 e. The number of benzene rings is 3. The van der Waals surface area contributed by atoms with E-state index in [2.05, 4.69) is 51.6 Å². The van der Waals surface area contributed by atoms with E-state index in [1.165, 1.54) is 0 Å². The topological polar surface area (TPSA) is 50.2 Å². The van der Waals surface area contributed by atoms with Crippen molar-refractivity contribution in [3.05, 3.63) is 84.7 Å². The van der Waals surface area contributed by atoms with Gasteiger partial charge in [0.05, 0.1) is 17.4 Å². The van der Waals surface area contributed by atoms with Gasteiger partial charge in [0.25, 0.3) is 0 Å². The fraction of sp³-hybridized carbons (Fsp3) is 0.167. The van der Waals surface area contributed by atoms with Crippen LogP contribution in [0.5, 0.6) is 0 Å². The second kappa shape index (κ2) is 8.19. The zero-order valence-electron chi connectivity index (χ0n) is 16.7. The molecule has 4 aromatic rings. The average molecular weight is 384 g/mol. The summed E-state index contributed by atoms with van der Waals surface area (Å²) in [5.74, 6) is -0.0370. The number of anilines is 1. The van der Waals surface area contributed by atoms with E-state index in [1.807, 2.05) is 55.1 Å². The Balaban J connectivity index is 1.49. The van der Waals surface area contributed by atoms with Crippen LogP contribution in [0.4, 0.5) is 5.69 Å². The highest BCUT2D eigenvalue weighted by Crippen LogP contribution is 2.27. The molecule has 0 fully saturated rings. The van der Waals surface area contributed by atoms with E-state index in [0.29, 0.717) is 6.54 Å². The van der Waals surface area contributed by atoms with Gasteiger partial charge in [-0.1, -0.05) is 48.5 Å². The Morgan fingerprint density at radius 3 is 2.66 bits per heavy atom. The molecule has 1 N–H and O–H groups in total. The highest BCUT2D eigenvalue weighted by molar-refractivity contribution is 5.81. The minimum absolute atomic E-state index is 0.0370. The normalized spacial score (nSPS) is 10.8. The molecular formula is C24H24N4O. The Kier molecular flexibility index (Phi) is 5.29. The van der Waals surface area contributed by atoms with Gasteiger partial charge < -0.3 is 14.8 Å². The lowest BCUT2D eigenvalue weighted by Gasteiger charge is -2.16. The van der Waals surface area contributed by atoms with Crippen LogP contribution < -0.4 is 10.2 Å². The van der Waals surface area contributed by atoms with Crippen LogP contribution in [0, 0.1) is 0 Å². The highest BCUT2D eigenvalue weighted by atomic mass is 16.1. The minimum atomic E-state index is -0.0370. The molecule has 146 valence electrons. The molecule has 29 heavy (non-hydrogen) atoms. The summed E-state index contributed by atoms with van der Waals surface area (Å²) in [6.45, 7) is 0.729. The molecule has 0 radical (unpaired) electrons. The van der Waals surface area contributed by atoms with Gasteiger partial charge in [0.15, 0.2) is 0 Å². The molecule has 0 aliphatic rings. The van der Waals surface area contributed by atoms with Crippen LogP contribution in [0.15, 0.2) is 79.1 Å². The van der Waals surface area contributed by atoms with Crippen molar-refractivity contribution in [2.24, 2.45) is 0 Å². The first-order valence-electron chi connectivity index (χ1n) is 9.64. The highest BCUT2D eigenvalue weighted by Gasteiger charge is 2.10. The first kappa shape index (κ1) is 18.7. The third kappa shape index (κ3) is 4.14. The Bertz CT molecular complexity index is 1150. The largest absolute Gasteiger partial charge is 0.378 e. The Labute approximate surface area is 170 Å². The van der Waals surface area contributed by atoms with Crippen molar-refractivity contribution < 1.29 is 4.79 Å². The number of carbonyl (C=O) groups is 1. The first-order chi connectivity index (χ1) is 14.1. The van der Waals surface area contributed by atoms with Crippen molar-refractivity contribution in [1.82, 2.24) is 14.9 Å². The number of hydrogen-bond donors (Lipinski definition) is 1. The summed E-state index contributed by atoms with van der Waals surface area (Å²) >= 11 is 0. The van der Waals surface area contributed by atoms with E-state index >= 15 is 0 Å². The molecular weight excluding hydrogens is 360 g/mol. The molecule has 0 aliphatic carbocycles. The number of aromatic nitrogens is 2. The zero-order valence-corrected chi connectivity index (χ0v) is 16.7. The number of fused-ring (bicyclic) bond motifs is 1. The van der Waals surface area contributed by atoms with Crippen molar-refractivity contribution in [2.45, 2.75) is 13.1 Å². The van der Waals surface area contributed by atoms with Gasteiger partial charge >= 0.3 is 0 Å². The summed E-state index contributed by atoms with van der Waals surface area (Å²) in [4.78, 5) is 19.0. The smallest absolute Gasteiger partial charge is 0.240 e. The van der Waals surface area contributed by atoms with Crippen LogP contribution in [0.1, 0.15) is 5.56 Å². The molecule has 0 unspecified atom stereocenters. The second-order valence-electron chi connectivity index (χ2n) is 7.24. The van der Waals surface area contributed by atoms with Crippen molar-refractivity contribution in [1.29, 1.82) is 0 Å². The minimum Gasteiger partial charge on any atom is -0.378 e.